The fourth-order valence-electron chi connectivity index (χ4n) is 3.05. The monoisotopic (exact) mass is 372 g/mol. The molecule has 1 saturated heterocycles. The van der Waals surface area contributed by atoms with Crippen LogP contribution in [0.4, 0.5) is 0 Å². The molecule has 27 heavy (non-hydrogen) atoms. The molecule has 3 rings (SSSR count). The summed E-state index contributed by atoms with van der Waals surface area (Å²) in [5.74, 6) is 0. The molecular formula is C21H24O6. The van der Waals surface area contributed by atoms with Crippen molar-refractivity contribution in [3.8, 4) is 0 Å². The van der Waals surface area contributed by atoms with Crippen LogP contribution in [0.2, 0.25) is 0 Å². The van der Waals surface area contributed by atoms with Crippen LogP contribution in [0.1, 0.15) is 11.1 Å². The summed E-state index contributed by atoms with van der Waals surface area (Å²) in [7, 11) is 1.47. The molecule has 1 aliphatic heterocycles. The average Bonchev–Trinajstić information content (AvgIpc) is 2.73. The van der Waals surface area contributed by atoms with Crippen molar-refractivity contribution in [2.24, 2.45) is 0 Å². The zero-order valence-corrected chi connectivity index (χ0v) is 15.1. The molecule has 0 radical (unpaired) electrons. The van der Waals surface area contributed by atoms with Gasteiger partial charge >= 0.3 is 0 Å². The van der Waals surface area contributed by atoms with Crippen molar-refractivity contribution in [1.29, 1.82) is 0 Å². The van der Waals surface area contributed by atoms with E-state index >= 15 is 0 Å². The highest BCUT2D eigenvalue weighted by Crippen LogP contribution is 2.27. The summed E-state index contributed by atoms with van der Waals surface area (Å²) in [5, 5.41) is 10.6. The Morgan fingerprint density at radius 3 is 1.93 bits per heavy atom. The molecule has 0 bridgehead atoms. The van der Waals surface area contributed by atoms with E-state index < -0.39 is 30.7 Å². The van der Waals surface area contributed by atoms with Crippen molar-refractivity contribution in [3.63, 3.8) is 0 Å². The molecule has 5 unspecified atom stereocenters. The van der Waals surface area contributed by atoms with Crippen molar-refractivity contribution in [2.45, 2.75) is 43.9 Å². The molecule has 1 heterocycles. The third kappa shape index (κ3) is 5.00. The molecule has 0 aromatic heterocycles. The highest BCUT2D eigenvalue weighted by molar-refractivity contribution is 5.57. The van der Waals surface area contributed by atoms with Gasteiger partial charge in [0.15, 0.2) is 12.6 Å². The van der Waals surface area contributed by atoms with Gasteiger partial charge in [0.1, 0.15) is 24.4 Å². The van der Waals surface area contributed by atoms with E-state index in [1.165, 1.54) is 7.11 Å². The quantitative estimate of drug-likeness (QED) is 0.716. The Balaban J connectivity index is 1.74. The molecule has 1 fully saturated rings. The third-order valence-corrected chi connectivity index (χ3v) is 4.49. The zero-order chi connectivity index (χ0) is 19.1. The third-order valence-electron chi connectivity index (χ3n) is 4.49. The number of rotatable bonds is 8. The number of aldehydes is 1. The van der Waals surface area contributed by atoms with Gasteiger partial charge in [-0.15, -0.1) is 0 Å². The Bertz CT molecular complexity index is 692. The summed E-state index contributed by atoms with van der Waals surface area (Å²) in [5.41, 5.74) is 1.93. The van der Waals surface area contributed by atoms with Gasteiger partial charge in [-0.05, 0) is 11.1 Å². The number of ether oxygens (including phenoxy) is 4. The number of aliphatic hydroxyl groups is 1. The zero-order valence-electron chi connectivity index (χ0n) is 15.1. The van der Waals surface area contributed by atoms with Gasteiger partial charge in [-0.25, -0.2) is 0 Å². The van der Waals surface area contributed by atoms with Crippen molar-refractivity contribution < 1.29 is 28.8 Å². The van der Waals surface area contributed by atoms with Gasteiger partial charge in [0.05, 0.1) is 13.2 Å². The van der Waals surface area contributed by atoms with E-state index in [0.29, 0.717) is 12.9 Å². The lowest BCUT2D eigenvalue weighted by atomic mass is 9.99. The molecule has 2 aromatic rings. The Labute approximate surface area is 158 Å². The first-order valence-electron chi connectivity index (χ1n) is 8.85. The molecule has 144 valence electrons. The minimum Gasteiger partial charge on any atom is -0.387 e. The highest BCUT2D eigenvalue weighted by Gasteiger charge is 2.47. The molecule has 0 aliphatic carbocycles. The van der Waals surface area contributed by atoms with Gasteiger partial charge in [-0.2, -0.15) is 0 Å². The molecule has 2 aromatic carbocycles. The number of benzene rings is 2. The first-order chi connectivity index (χ1) is 13.2. The van der Waals surface area contributed by atoms with Crippen molar-refractivity contribution in [2.75, 3.05) is 7.11 Å². The highest BCUT2D eigenvalue weighted by atomic mass is 16.7. The topological polar surface area (TPSA) is 74.2 Å². The van der Waals surface area contributed by atoms with Crippen LogP contribution in [-0.2, 0) is 37.0 Å². The molecular weight excluding hydrogens is 348 g/mol. The van der Waals surface area contributed by atoms with Crippen LogP contribution in [0.5, 0.6) is 0 Å². The minimum absolute atomic E-state index is 0.274. The lowest BCUT2D eigenvalue weighted by Gasteiger charge is -2.42. The van der Waals surface area contributed by atoms with Gasteiger partial charge < -0.3 is 28.8 Å². The molecule has 1 aliphatic rings. The fraction of sp³-hybridized carbons (Fsp3) is 0.381. The van der Waals surface area contributed by atoms with Crippen LogP contribution in [0.3, 0.4) is 0 Å². The second-order valence-corrected chi connectivity index (χ2v) is 6.35. The van der Waals surface area contributed by atoms with Crippen molar-refractivity contribution in [1.82, 2.24) is 0 Å². The van der Waals surface area contributed by atoms with Crippen molar-refractivity contribution in [3.05, 3.63) is 71.8 Å². The van der Waals surface area contributed by atoms with E-state index in [1.54, 1.807) is 0 Å². The summed E-state index contributed by atoms with van der Waals surface area (Å²) in [6.07, 6.45) is -3.92. The molecule has 0 saturated carbocycles. The minimum atomic E-state index is -1.15. The standard InChI is InChI=1S/C21H24O6/c1-24-21-20(26-14-16-10-6-3-7-11-16)19(18(23)17(12-22)27-21)25-13-15-8-4-2-5-9-15/h2-12,17-21,23H,13-14H2,1H3. The number of methoxy groups -OCH3 is 1. The first kappa shape index (κ1) is 19.7. The van der Waals surface area contributed by atoms with Crippen LogP contribution in [0.15, 0.2) is 60.7 Å². The largest absolute Gasteiger partial charge is 0.387 e. The molecule has 0 spiro atoms. The van der Waals surface area contributed by atoms with Crippen LogP contribution in [0, 0.1) is 0 Å². The van der Waals surface area contributed by atoms with E-state index in [4.69, 9.17) is 18.9 Å². The van der Waals surface area contributed by atoms with E-state index in [1.807, 2.05) is 60.7 Å². The predicted molar refractivity (Wildman–Crippen MR) is 97.8 cm³/mol. The maximum atomic E-state index is 11.3. The Morgan fingerprint density at radius 1 is 0.926 bits per heavy atom. The molecule has 1 N–H and O–H groups in total. The number of hydrogen-bond donors (Lipinski definition) is 1. The van der Waals surface area contributed by atoms with Crippen molar-refractivity contribution >= 4 is 6.29 Å². The maximum absolute atomic E-state index is 11.3. The summed E-state index contributed by atoms with van der Waals surface area (Å²) in [6.45, 7) is 0.578. The average molecular weight is 372 g/mol. The van der Waals surface area contributed by atoms with E-state index in [2.05, 4.69) is 0 Å². The summed E-state index contributed by atoms with van der Waals surface area (Å²) >= 11 is 0. The SMILES string of the molecule is COC1OC(C=O)C(O)C(OCc2ccccc2)C1OCc1ccccc1. The van der Waals surface area contributed by atoms with Gasteiger partial charge in [0, 0.05) is 7.11 Å². The summed E-state index contributed by atoms with van der Waals surface area (Å²) < 4.78 is 22.8. The molecule has 5 atom stereocenters. The summed E-state index contributed by atoms with van der Waals surface area (Å²) in [4.78, 5) is 11.3. The van der Waals surface area contributed by atoms with Gasteiger partial charge in [-0.1, -0.05) is 60.7 Å². The summed E-state index contributed by atoms with van der Waals surface area (Å²) in [6, 6.07) is 19.2. The second-order valence-electron chi connectivity index (χ2n) is 6.35. The Hall–Kier alpha value is -2.09. The predicted octanol–water partition coefficient (Wildman–Crippen LogP) is 2.09. The number of hydrogen-bond acceptors (Lipinski definition) is 6. The fourth-order valence-corrected chi connectivity index (χ4v) is 3.05. The number of carbonyl (C=O) groups excluding carboxylic acids is 1. The Kier molecular flexibility index (Phi) is 7.09. The number of aliphatic hydroxyl groups excluding tert-OH is 1. The van der Waals surface area contributed by atoms with E-state index in [-0.39, 0.29) is 6.61 Å². The maximum Gasteiger partial charge on any atom is 0.187 e. The van der Waals surface area contributed by atoms with Crippen LogP contribution < -0.4 is 0 Å². The smallest absolute Gasteiger partial charge is 0.187 e. The van der Waals surface area contributed by atoms with E-state index in [9.17, 15) is 9.90 Å². The van der Waals surface area contributed by atoms with E-state index in [0.717, 1.165) is 11.1 Å². The molecule has 0 amide bonds. The van der Waals surface area contributed by atoms with Crippen LogP contribution >= 0.6 is 0 Å². The second kappa shape index (κ2) is 9.73. The lowest BCUT2D eigenvalue weighted by molar-refractivity contribution is -0.301. The first-order valence-corrected chi connectivity index (χ1v) is 8.85. The van der Waals surface area contributed by atoms with Crippen LogP contribution in [0.25, 0.3) is 0 Å². The van der Waals surface area contributed by atoms with Gasteiger partial charge in [0.2, 0.25) is 0 Å². The molecule has 6 nitrogen and oxygen atoms in total. The lowest BCUT2D eigenvalue weighted by Crippen LogP contribution is -2.60. The molecule has 6 heteroatoms. The van der Waals surface area contributed by atoms with Crippen LogP contribution in [-0.4, -0.2) is 49.2 Å². The Morgan fingerprint density at radius 2 is 1.44 bits per heavy atom. The van der Waals surface area contributed by atoms with Gasteiger partial charge in [-0.3, -0.25) is 0 Å². The number of carbonyl (C=O) groups is 1. The normalized spacial score (nSPS) is 28.0. The van der Waals surface area contributed by atoms with Gasteiger partial charge in [0.25, 0.3) is 0 Å².